The second kappa shape index (κ2) is 16.5. The van der Waals surface area contributed by atoms with E-state index < -0.39 is 0 Å². The SMILES string of the molecule is CC(C)c1cccc(C(C)C)c1OCCOCC[n+]1ccc(-c2cc[n+](CCCCCCN=[N+]=[N-])cc2)cc1. The average Bonchev–Trinajstić information content (AvgIpc) is 2.95. The van der Waals surface area contributed by atoms with Gasteiger partial charge in [0.05, 0.1) is 6.61 Å². The number of hydrogen-bond donors (Lipinski definition) is 0. The molecule has 0 atom stereocenters. The van der Waals surface area contributed by atoms with Gasteiger partial charge in [-0.2, -0.15) is 0 Å². The molecule has 0 amide bonds. The highest BCUT2D eigenvalue weighted by Gasteiger charge is 2.15. The van der Waals surface area contributed by atoms with Crippen LogP contribution in [-0.2, 0) is 17.8 Å². The lowest BCUT2D eigenvalue weighted by Crippen LogP contribution is -2.35. The lowest BCUT2D eigenvalue weighted by atomic mass is 9.94. The summed E-state index contributed by atoms with van der Waals surface area (Å²) in [6, 6.07) is 15.1. The first-order valence-corrected chi connectivity index (χ1v) is 14.3. The maximum absolute atomic E-state index is 8.31. The molecule has 0 saturated carbocycles. The van der Waals surface area contributed by atoms with E-state index in [1.54, 1.807) is 0 Å². The Labute approximate surface area is 234 Å². The molecule has 7 nitrogen and oxygen atoms in total. The van der Waals surface area contributed by atoms with E-state index in [1.165, 1.54) is 22.3 Å². The lowest BCUT2D eigenvalue weighted by Gasteiger charge is -2.20. The second-order valence-corrected chi connectivity index (χ2v) is 10.6. The van der Waals surface area contributed by atoms with Crippen LogP contribution in [0.3, 0.4) is 0 Å². The van der Waals surface area contributed by atoms with Gasteiger partial charge in [-0.15, -0.1) is 0 Å². The fourth-order valence-corrected chi connectivity index (χ4v) is 4.60. The number of ether oxygens (including phenoxy) is 2. The van der Waals surface area contributed by atoms with Gasteiger partial charge in [0.15, 0.2) is 31.3 Å². The molecule has 2 heterocycles. The van der Waals surface area contributed by atoms with Gasteiger partial charge in [0, 0.05) is 42.1 Å². The van der Waals surface area contributed by atoms with Gasteiger partial charge in [0.1, 0.15) is 25.5 Å². The molecular formula is C32H45N5O2+2. The number of rotatable bonds is 17. The zero-order valence-corrected chi connectivity index (χ0v) is 24.1. The van der Waals surface area contributed by atoms with Crippen molar-refractivity contribution in [1.29, 1.82) is 0 Å². The van der Waals surface area contributed by atoms with Gasteiger partial charge in [-0.3, -0.25) is 0 Å². The van der Waals surface area contributed by atoms with Crippen LogP contribution in [0.5, 0.6) is 5.75 Å². The molecule has 0 fully saturated rings. The van der Waals surface area contributed by atoms with Gasteiger partial charge in [-0.05, 0) is 52.5 Å². The molecular weight excluding hydrogens is 486 g/mol. The summed E-state index contributed by atoms with van der Waals surface area (Å²) in [7, 11) is 0. The van der Waals surface area contributed by atoms with Gasteiger partial charge in [0.2, 0.25) is 0 Å². The smallest absolute Gasteiger partial charge is 0.171 e. The molecule has 2 aromatic heterocycles. The van der Waals surface area contributed by atoms with Crippen LogP contribution in [0.1, 0.15) is 76.3 Å². The van der Waals surface area contributed by atoms with Crippen LogP contribution in [0.4, 0.5) is 0 Å². The van der Waals surface area contributed by atoms with Crippen LogP contribution >= 0.6 is 0 Å². The van der Waals surface area contributed by atoms with Crippen molar-refractivity contribution in [1.82, 2.24) is 0 Å². The van der Waals surface area contributed by atoms with Crippen LogP contribution < -0.4 is 13.9 Å². The molecule has 7 heteroatoms. The molecule has 3 rings (SSSR count). The van der Waals surface area contributed by atoms with Crippen molar-refractivity contribution in [2.45, 2.75) is 78.3 Å². The molecule has 0 unspecified atom stereocenters. The Kier molecular flexibility index (Phi) is 12.8. The minimum absolute atomic E-state index is 0.425. The van der Waals surface area contributed by atoms with E-state index >= 15 is 0 Å². The number of benzene rings is 1. The number of nitrogens with zero attached hydrogens (tertiary/aromatic N) is 5. The third-order valence-corrected chi connectivity index (χ3v) is 6.89. The van der Waals surface area contributed by atoms with Crippen LogP contribution in [-0.4, -0.2) is 26.4 Å². The van der Waals surface area contributed by atoms with Crippen LogP contribution in [0, 0.1) is 0 Å². The highest BCUT2D eigenvalue weighted by atomic mass is 16.5. The van der Waals surface area contributed by atoms with E-state index in [-0.39, 0.29) is 0 Å². The number of pyridine rings is 2. The number of unbranched alkanes of at least 4 members (excludes halogenated alkanes) is 3. The minimum Gasteiger partial charge on any atom is -0.491 e. The van der Waals surface area contributed by atoms with Crippen molar-refractivity contribution in [2.24, 2.45) is 5.11 Å². The number of aromatic nitrogens is 2. The maximum Gasteiger partial charge on any atom is 0.171 e. The monoisotopic (exact) mass is 531 g/mol. The molecule has 0 aliphatic rings. The Morgan fingerprint density at radius 1 is 0.718 bits per heavy atom. The summed E-state index contributed by atoms with van der Waals surface area (Å²) in [6.45, 7) is 13.0. The van der Waals surface area contributed by atoms with Gasteiger partial charge in [-0.1, -0.05) is 57.4 Å². The molecule has 208 valence electrons. The zero-order chi connectivity index (χ0) is 27.9. The first-order chi connectivity index (χ1) is 19.0. The Bertz CT molecular complexity index is 1140. The lowest BCUT2D eigenvalue weighted by molar-refractivity contribution is -0.698. The number of aryl methyl sites for hydroxylation is 1. The Morgan fingerprint density at radius 2 is 1.28 bits per heavy atom. The first kappa shape index (κ1) is 30.1. The summed E-state index contributed by atoms with van der Waals surface area (Å²) in [5.74, 6) is 1.88. The summed E-state index contributed by atoms with van der Waals surface area (Å²) in [5, 5.41) is 3.58. The fourth-order valence-electron chi connectivity index (χ4n) is 4.60. The van der Waals surface area contributed by atoms with Crippen molar-refractivity contribution in [3.8, 4) is 16.9 Å². The van der Waals surface area contributed by atoms with Gasteiger partial charge in [0.25, 0.3) is 0 Å². The van der Waals surface area contributed by atoms with E-state index in [4.69, 9.17) is 15.0 Å². The average molecular weight is 532 g/mol. The van der Waals surface area contributed by atoms with Crippen molar-refractivity contribution >= 4 is 0 Å². The topological polar surface area (TPSA) is 75.0 Å². The standard InChI is InChI=1S/C32H45N5O2/c1-26(2)30-10-9-11-31(27(3)4)32(30)39-25-24-38-23-22-37-20-14-29(15-21-37)28-12-18-36(19-13-28)17-8-6-5-7-16-34-35-33/h9-15,18-21,26-27H,5-8,16-17,22-25H2,1-4H3/q+2. The molecule has 0 bridgehead atoms. The largest absolute Gasteiger partial charge is 0.491 e. The quantitative estimate of drug-likeness (QED) is 0.0610. The zero-order valence-electron chi connectivity index (χ0n) is 24.1. The predicted molar refractivity (Wildman–Crippen MR) is 156 cm³/mol. The van der Waals surface area contributed by atoms with Crippen LogP contribution in [0.15, 0.2) is 72.4 Å². The molecule has 0 spiro atoms. The summed E-state index contributed by atoms with van der Waals surface area (Å²) in [4.78, 5) is 2.79. The number of azide groups is 1. The number of hydrogen-bond acceptors (Lipinski definition) is 3. The summed E-state index contributed by atoms with van der Waals surface area (Å²) < 4.78 is 16.5. The highest BCUT2D eigenvalue weighted by molar-refractivity contribution is 5.60. The van der Waals surface area contributed by atoms with Crippen molar-refractivity contribution in [3.63, 3.8) is 0 Å². The molecule has 0 aliphatic heterocycles. The molecule has 0 saturated heterocycles. The Balaban J connectivity index is 1.38. The predicted octanol–water partition coefficient (Wildman–Crippen LogP) is 7.14. The van der Waals surface area contributed by atoms with Crippen LogP contribution in [0.25, 0.3) is 21.6 Å². The Morgan fingerprint density at radius 3 is 1.85 bits per heavy atom. The maximum atomic E-state index is 8.31. The van der Waals surface area contributed by atoms with E-state index in [2.05, 4.69) is 114 Å². The van der Waals surface area contributed by atoms with Crippen molar-refractivity contribution < 1.29 is 18.6 Å². The normalized spacial score (nSPS) is 11.1. The Hall–Kier alpha value is -3.41. The fraction of sp³-hybridized carbons (Fsp3) is 0.500. The van der Waals surface area contributed by atoms with Crippen molar-refractivity contribution in [3.05, 3.63) is 88.8 Å². The molecule has 1 aromatic carbocycles. The van der Waals surface area contributed by atoms with E-state index in [9.17, 15) is 0 Å². The molecule has 0 aliphatic carbocycles. The second-order valence-electron chi connectivity index (χ2n) is 10.6. The third kappa shape index (κ3) is 10.0. The highest BCUT2D eigenvalue weighted by Crippen LogP contribution is 2.34. The summed E-state index contributed by atoms with van der Waals surface area (Å²) >= 11 is 0. The van der Waals surface area contributed by atoms with Gasteiger partial charge >= 0.3 is 0 Å². The van der Waals surface area contributed by atoms with Gasteiger partial charge in [-0.25, -0.2) is 9.13 Å². The van der Waals surface area contributed by atoms with Crippen LogP contribution in [0.2, 0.25) is 0 Å². The van der Waals surface area contributed by atoms with E-state index in [0.717, 1.165) is 44.5 Å². The molecule has 39 heavy (non-hydrogen) atoms. The summed E-state index contributed by atoms with van der Waals surface area (Å²) in [5.41, 5.74) is 13.3. The van der Waals surface area contributed by atoms with Crippen molar-refractivity contribution in [2.75, 3.05) is 26.4 Å². The number of para-hydroxylation sites is 1. The third-order valence-electron chi connectivity index (χ3n) is 6.89. The summed E-state index contributed by atoms with van der Waals surface area (Å²) in [6.07, 6.45) is 12.9. The minimum atomic E-state index is 0.425. The molecule has 0 radical (unpaired) electrons. The first-order valence-electron chi connectivity index (χ1n) is 14.3. The van der Waals surface area contributed by atoms with Gasteiger partial charge < -0.3 is 9.47 Å². The molecule has 0 N–H and O–H groups in total. The molecule has 3 aromatic rings. The van der Waals surface area contributed by atoms with E-state index in [1.807, 2.05) is 0 Å². The van der Waals surface area contributed by atoms with E-state index in [0.29, 0.717) is 38.2 Å².